The summed E-state index contributed by atoms with van der Waals surface area (Å²) in [4.78, 5) is 21.7. The van der Waals surface area contributed by atoms with Gasteiger partial charge in [0.2, 0.25) is 0 Å². The lowest BCUT2D eigenvalue weighted by Crippen LogP contribution is -2.37. The van der Waals surface area contributed by atoms with E-state index in [0.29, 0.717) is 26.1 Å². The van der Waals surface area contributed by atoms with Crippen molar-refractivity contribution in [2.45, 2.75) is 39.2 Å². The van der Waals surface area contributed by atoms with Crippen LogP contribution in [0.25, 0.3) is 0 Å². The van der Waals surface area contributed by atoms with Crippen LogP contribution in [0.5, 0.6) is 0 Å². The van der Waals surface area contributed by atoms with E-state index in [9.17, 15) is 9.59 Å². The van der Waals surface area contributed by atoms with Crippen molar-refractivity contribution in [2.24, 2.45) is 0 Å². The van der Waals surface area contributed by atoms with Crippen molar-refractivity contribution >= 4 is 12.0 Å². The van der Waals surface area contributed by atoms with Crippen LogP contribution in [0.3, 0.4) is 0 Å². The Kier molecular flexibility index (Phi) is 7.16. The van der Waals surface area contributed by atoms with Crippen molar-refractivity contribution in [3.05, 3.63) is 18.0 Å². The first kappa shape index (κ1) is 16.0. The third kappa shape index (κ3) is 7.40. The number of aliphatic carboxylic acids is 1. The van der Waals surface area contributed by atoms with E-state index in [2.05, 4.69) is 15.7 Å². The van der Waals surface area contributed by atoms with Crippen molar-refractivity contribution in [3.63, 3.8) is 0 Å². The smallest absolute Gasteiger partial charge is 0.314 e. The first-order valence-electron chi connectivity index (χ1n) is 6.80. The molecule has 112 valence electrons. The van der Waals surface area contributed by atoms with Gasteiger partial charge in [0, 0.05) is 25.7 Å². The number of amides is 2. The second-order valence-electron chi connectivity index (χ2n) is 4.67. The summed E-state index contributed by atoms with van der Waals surface area (Å²) in [6.07, 6.45) is 6.13. The molecule has 2 amide bonds. The average molecular weight is 282 g/mol. The molecule has 0 atom stereocenters. The lowest BCUT2D eigenvalue weighted by Gasteiger charge is -2.07. The Morgan fingerprint density at radius 2 is 2.00 bits per heavy atom. The predicted octanol–water partition coefficient (Wildman–Crippen LogP) is 1.14. The number of aromatic nitrogens is 2. The Labute approximate surface area is 118 Å². The molecule has 0 aromatic carbocycles. The van der Waals surface area contributed by atoms with Gasteiger partial charge >= 0.3 is 12.0 Å². The molecule has 0 saturated carbocycles. The van der Waals surface area contributed by atoms with Gasteiger partial charge in [0.1, 0.15) is 0 Å². The van der Waals surface area contributed by atoms with Crippen LogP contribution in [-0.4, -0.2) is 40.0 Å². The minimum Gasteiger partial charge on any atom is -0.481 e. The summed E-state index contributed by atoms with van der Waals surface area (Å²) in [6.45, 7) is 3.69. The van der Waals surface area contributed by atoms with E-state index < -0.39 is 5.97 Å². The number of carbonyl (C=O) groups is 2. The molecule has 1 heterocycles. The molecule has 0 aliphatic carbocycles. The number of unbranched alkanes of at least 4 members (excludes halogenated alkanes) is 2. The van der Waals surface area contributed by atoms with Gasteiger partial charge in [-0.05, 0) is 25.3 Å². The fourth-order valence-corrected chi connectivity index (χ4v) is 1.72. The summed E-state index contributed by atoms with van der Waals surface area (Å²) < 4.78 is 1.78. The van der Waals surface area contributed by atoms with E-state index in [4.69, 9.17) is 5.11 Å². The number of nitrogens with zero attached hydrogens (tertiary/aromatic N) is 2. The van der Waals surface area contributed by atoms with E-state index in [0.717, 1.165) is 18.4 Å². The lowest BCUT2D eigenvalue weighted by atomic mass is 10.2. The molecule has 20 heavy (non-hydrogen) atoms. The zero-order chi connectivity index (χ0) is 14.8. The SMILES string of the molecule is Cc1cnn(CCNC(=O)NCCCCCC(=O)O)c1. The minimum absolute atomic E-state index is 0.190. The molecule has 7 heteroatoms. The number of carbonyl (C=O) groups excluding carboxylic acids is 1. The topological polar surface area (TPSA) is 96.3 Å². The minimum atomic E-state index is -0.774. The number of rotatable bonds is 9. The molecule has 1 aromatic rings. The van der Waals surface area contributed by atoms with Gasteiger partial charge < -0.3 is 15.7 Å². The van der Waals surface area contributed by atoms with Crippen LogP contribution >= 0.6 is 0 Å². The molecule has 1 rings (SSSR count). The molecule has 0 radical (unpaired) electrons. The molecule has 7 nitrogen and oxygen atoms in total. The van der Waals surface area contributed by atoms with E-state index >= 15 is 0 Å². The fraction of sp³-hybridized carbons (Fsp3) is 0.615. The summed E-state index contributed by atoms with van der Waals surface area (Å²) in [5, 5.41) is 18.1. The molecule has 1 aromatic heterocycles. The first-order valence-corrected chi connectivity index (χ1v) is 6.80. The van der Waals surface area contributed by atoms with E-state index in [1.165, 1.54) is 0 Å². The number of urea groups is 1. The van der Waals surface area contributed by atoms with Crippen LogP contribution in [0.2, 0.25) is 0 Å². The largest absolute Gasteiger partial charge is 0.481 e. The summed E-state index contributed by atoms with van der Waals surface area (Å²) in [6, 6.07) is -0.202. The van der Waals surface area contributed by atoms with Gasteiger partial charge in [-0.2, -0.15) is 5.10 Å². The maximum absolute atomic E-state index is 11.4. The van der Waals surface area contributed by atoms with Gasteiger partial charge in [-0.15, -0.1) is 0 Å². The maximum Gasteiger partial charge on any atom is 0.314 e. The number of aryl methyl sites for hydroxylation is 1. The first-order chi connectivity index (χ1) is 9.58. The van der Waals surface area contributed by atoms with Crippen LogP contribution in [0.4, 0.5) is 4.79 Å². The highest BCUT2D eigenvalue weighted by Crippen LogP contribution is 1.98. The van der Waals surface area contributed by atoms with E-state index in [1.54, 1.807) is 10.9 Å². The highest BCUT2D eigenvalue weighted by molar-refractivity contribution is 5.73. The number of carboxylic acid groups (broad SMARTS) is 1. The quantitative estimate of drug-likeness (QED) is 0.592. The molecular formula is C13H22N4O3. The van der Waals surface area contributed by atoms with Crippen molar-refractivity contribution in [3.8, 4) is 0 Å². The molecule has 0 unspecified atom stereocenters. The second kappa shape index (κ2) is 8.95. The van der Waals surface area contributed by atoms with Crippen molar-refractivity contribution < 1.29 is 14.7 Å². The van der Waals surface area contributed by atoms with Crippen molar-refractivity contribution in [1.29, 1.82) is 0 Å². The molecular weight excluding hydrogens is 260 g/mol. The van der Waals surface area contributed by atoms with Gasteiger partial charge in [0.05, 0.1) is 12.7 Å². The molecule has 0 aliphatic heterocycles. The molecule has 0 bridgehead atoms. The maximum atomic E-state index is 11.4. The van der Waals surface area contributed by atoms with Crippen molar-refractivity contribution in [2.75, 3.05) is 13.1 Å². The van der Waals surface area contributed by atoms with Crippen LogP contribution < -0.4 is 10.6 Å². The van der Waals surface area contributed by atoms with Crippen LogP contribution in [0.1, 0.15) is 31.2 Å². The fourth-order valence-electron chi connectivity index (χ4n) is 1.72. The van der Waals surface area contributed by atoms with Gasteiger partial charge in [-0.25, -0.2) is 4.79 Å². The number of hydrogen-bond acceptors (Lipinski definition) is 3. The third-order valence-electron chi connectivity index (χ3n) is 2.74. The second-order valence-corrected chi connectivity index (χ2v) is 4.67. The Morgan fingerprint density at radius 1 is 1.25 bits per heavy atom. The standard InChI is InChI=1S/C13H22N4O3/c1-11-9-16-17(10-11)8-7-15-13(20)14-6-4-2-3-5-12(18)19/h9-10H,2-8H2,1H3,(H,18,19)(H2,14,15,20). The normalized spacial score (nSPS) is 10.2. The van der Waals surface area contributed by atoms with Crippen LogP contribution in [-0.2, 0) is 11.3 Å². The molecule has 0 aliphatic rings. The lowest BCUT2D eigenvalue weighted by molar-refractivity contribution is -0.137. The Bertz CT molecular complexity index is 431. The number of nitrogens with one attached hydrogen (secondary N) is 2. The van der Waals surface area contributed by atoms with Gasteiger partial charge in [0.25, 0.3) is 0 Å². The predicted molar refractivity (Wildman–Crippen MR) is 74.5 cm³/mol. The van der Waals surface area contributed by atoms with E-state index in [1.807, 2.05) is 13.1 Å². The molecule has 3 N–H and O–H groups in total. The zero-order valence-electron chi connectivity index (χ0n) is 11.8. The summed E-state index contributed by atoms with van der Waals surface area (Å²) in [5.74, 6) is -0.774. The highest BCUT2D eigenvalue weighted by atomic mass is 16.4. The molecule has 0 saturated heterocycles. The zero-order valence-corrected chi connectivity index (χ0v) is 11.8. The monoisotopic (exact) mass is 282 g/mol. The van der Waals surface area contributed by atoms with E-state index in [-0.39, 0.29) is 12.5 Å². The number of hydrogen-bond donors (Lipinski definition) is 3. The molecule has 0 fully saturated rings. The van der Waals surface area contributed by atoms with Crippen molar-refractivity contribution in [1.82, 2.24) is 20.4 Å². The number of carboxylic acids is 1. The Hall–Kier alpha value is -2.05. The summed E-state index contributed by atoms with van der Waals surface area (Å²) >= 11 is 0. The summed E-state index contributed by atoms with van der Waals surface area (Å²) in [7, 11) is 0. The average Bonchev–Trinajstić information content (AvgIpc) is 2.79. The van der Waals surface area contributed by atoms with Gasteiger partial charge in [-0.1, -0.05) is 6.42 Å². The highest BCUT2D eigenvalue weighted by Gasteiger charge is 2.00. The molecule has 0 spiro atoms. The third-order valence-corrected chi connectivity index (χ3v) is 2.74. The van der Waals surface area contributed by atoms with Crippen LogP contribution in [0, 0.1) is 6.92 Å². The van der Waals surface area contributed by atoms with Gasteiger partial charge in [0.15, 0.2) is 0 Å². The van der Waals surface area contributed by atoms with Crippen LogP contribution in [0.15, 0.2) is 12.4 Å². The van der Waals surface area contributed by atoms with Gasteiger partial charge in [-0.3, -0.25) is 9.48 Å². The summed E-state index contributed by atoms with van der Waals surface area (Å²) in [5.41, 5.74) is 1.09. The Balaban J connectivity index is 1.96. The Morgan fingerprint density at radius 3 is 2.65 bits per heavy atom.